The van der Waals surface area contributed by atoms with Crippen LogP contribution in [-0.4, -0.2) is 16.1 Å². The molecule has 0 bridgehead atoms. The van der Waals surface area contributed by atoms with E-state index in [9.17, 15) is 4.79 Å². The minimum absolute atomic E-state index is 0.220. The number of benzene rings is 1. The Bertz CT molecular complexity index is 773. The van der Waals surface area contributed by atoms with Crippen LogP contribution in [0, 0.1) is 0 Å². The number of hydrogen-bond donors (Lipinski definition) is 2. The minimum atomic E-state index is -0.370. The van der Waals surface area contributed by atoms with Crippen LogP contribution in [0.15, 0.2) is 63.7 Å². The number of nitrogens with zero attached hydrogens (tertiary/aromatic N) is 2. The molecule has 0 aliphatic rings. The van der Waals surface area contributed by atoms with Gasteiger partial charge in [-0.3, -0.25) is 4.79 Å². The predicted octanol–water partition coefficient (Wildman–Crippen LogP) is 3.83. The van der Waals surface area contributed by atoms with Crippen molar-refractivity contribution < 1.29 is 9.21 Å². The molecular weight excluding hydrogens is 348 g/mol. The van der Waals surface area contributed by atoms with Gasteiger partial charge in [0.2, 0.25) is 0 Å². The third-order valence-electron chi connectivity index (χ3n) is 2.79. The van der Waals surface area contributed by atoms with E-state index in [2.05, 4.69) is 36.8 Å². The number of anilines is 3. The number of aromatic nitrogens is 2. The summed E-state index contributed by atoms with van der Waals surface area (Å²) >= 11 is 3.44. The molecule has 110 valence electrons. The summed E-state index contributed by atoms with van der Waals surface area (Å²) in [6.45, 7) is 0. The quantitative estimate of drug-likeness (QED) is 0.740. The second-order valence-corrected chi connectivity index (χ2v) is 5.19. The number of carbonyl (C=O) groups is 1. The topological polar surface area (TPSA) is 80.0 Å². The van der Waals surface area contributed by atoms with Gasteiger partial charge in [-0.15, -0.1) is 10.2 Å². The minimum Gasteiger partial charge on any atom is -0.459 e. The van der Waals surface area contributed by atoms with Gasteiger partial charge in [0.25, 0.3) is 5.91 Å². The number of nitrogens with one attached hydrogen (secondary N) is 2. The second kappa shape index (κ2) is 6.40. The van der Waals surface area contributed by atoms with Gasteiger partial charge in [0.15, 0.2) is 17.4 Å². The molecule has 1 amide bonds. The highest BCUT2D eigenvalue weighted by molar-refractivity contribution is 9.10. The Labute approximate surface area is 134 Å². The monoisotopic (exact) mass is 358 g/mol. The van der Waals surface area contributed by atoms with Crippen LogP contribution in [-0.2, 0) is 0 Å². The number of hydrogen-bond acceptors (Lipinski definition) is 5. The molecular formula is C15H11BrN4O2. The average molecular weight is 359 g/mol. The fraction of sp³-hybridized carbons (Fsp3) is 0. The lowest BCUT2D eigenvalue weighted by Gasteiger charge is -2.07. The number of para-hydroxylation sites is 1. The fourth-order valence-corrected chi connectivity index (χ4v) is 2.14. The molecule has 3 aromatic rings. The van der Waals surface area contributed by atoms with Gasteiger partial charge in [-0.1, -0.05) is 12.1 Å². The standard InChI is InChI=1S/C15H11BrN4O2/c16-10-4-1-2-5-11(10)17-13-7-8-14(20-19-13)18-15(21)12-6-3-9-22-12/h1-9H,(H,17,19)(H,18,20,21). The van der Waals surface area contributed by atoms with Crippen LogP contribution in [0.2, 0.25) is 0 Å². The van der Waals surface area contributed by atoms with E-state index in [1.807, 2.05) is 24.3 Å². The lowest BCUT2D eigenvalue weighted by molar-refractivity contribution is 0.0996. The maximum atomic E-state index is 11.8. The molecule has 0 aliphatic heterocycles. The summed E-state index contributed by atoms with van der Waals surface area (Å²) < 4.78 is 5.93. The van der Waals surface area contributed by atoms with Crippen molar-refractivity contribution in [2.24, 2.45) is 0 Å². The third-order valence-corrected chi connectivity index (χ3v) is 3.48. The van der Waals surface area contributed by atoms with Crippen LogP contribution in [0.1, 0.15) is 10.6 Å². The van der Waals surface area contributed by atoms with E-state index in [1.54, 1.807) is 24.3 Å². The summed E-state index contributed by atoms with van der Waals surface area (Å²) in [5, 5.41) is 13.7. The normalized spacial score (nSPS) is 10.2. The van der Waals surface area contributed by atoms with Crippen molar-refractivity contribution in [1.29, 1.82) is 0 Å². The summed E-state index contributed by atoms with van der Waals surface area (Å²) in [6.07, 6.45) is 1.44. The van der Waals surface area contributed by atoms with E-state index < -0.39 is 0 Å². The van der Waals surface area contributed by atoms with Crippen LogP contribution in [0.5, 0.6) is 0 Å². The van der Waals surface area contributed by atoms with Crippen molar-refractivity contribution >= 4 is 39.2 Å². The summed E-state index contributed by atoms with van der Waals surface area (Å²) in [6, 6.07) is 14.3. The number of furan rings is 1. The molecule has 3 rings (SSSR count). The molecule has 2 aromatic heterocycles. The Balaban J connectivity index is 1.68. The lowest BCUT2D eigenvalue weighted by Crippen LogP contribution is -2.12. The summed E-state index contributed by atoms with van der Waals surface area (Å²) in [5.41, 5.74) is 0.879. The molecule has 0 radical (unpaired) electrons. The highest BCUT2D eigenvalue weighted by Gasteiger charge is 2.09. The van der Waals surface area contributed by atoms with E-state index in [4.69, 9.17) is 4.42 Å². The van der Waals surface area contributed by atoms with Gasteiger partial charge in [-0.05, 0) is 52.3 Å². The Kier molecular flexibility index (Phi) is 4.15. The zero-order chi connectivity index (χ0) is 15.4. The van der Waals surface area contributed by atoms with Gasteiger partial charge in [-0.2, -0.15) is 0 Å². The molecule has 0 saturated carbocycles. The maximum absolute atomic E-state index is 11.8. The molecule has 22 heavy (non-hydrogen) atoms. The number of halogens is 1. The largest absolute Gasteiger partial charge is 0.459 e. The van der Waals surface area contributed by atoms with E-state index in [-0.39, 0.29) is 11.7 Å². The van der Waals surface area contributed by atoms with E-state index >= 15 is 0 Å². The van der Waals surface area contributed by atoms with Crippen molar-refractivity contribution in [1.82, 2.24) is 10.2 Å². The first-order valence-corrected chi connectivity index (χ1v) is 7.22. The zero-order valence-electron chi connectivity index (χ0n) is 11.3. The Morgan fingerprint density at radius 1 is 1.00 bits per heavy atom. The van der Waals surface area contributed by atoms with Crippen LogP contribution in [0.4, 0.5) is 17.3 Å². The van der Waals surface area contributed by atoms with Crippen molar-refractivity contribution in [3.63, 3.8) is 0 Å². The predicted molar refractivity (Wildman–Crippen MR) is 86.1 cm³/mol. The van der Waals surface area contributed by atoms with Gasteiger partial charge in [-0.25, -0.2) is 0 Å². The first kappa shape index (κ1) is 14.3. The summed E-state index contributed by atoms with van der Waals surface area (Å²) in [5.74, 6) is 0.769. The van der Waals surface area contributed by atoms with E-state index in [0.717, 1.165) is 10.2 Å². The van der Waals surface area contributed by atoms with Crippen LogP contribution >= 0.6 is 15.9 Å². The lowest BCUT2D eigenvalue weighted by atomic mass is 10.3. The molecule has 0 unspecified atom stereocenters. The molecule has 0 spiro atoms. The molecule has 0 saturated heterocycles. The first-order chi connectivity index (χ1) is 10.7. The molecule has 0 aliphatic carbocycles. The zero-order valence-corrected chi connectivity index (χ0v) is 12.9. The van der Waals surface area contributed by atoms with Gasteiger partial charge in [0, 0.05) is 4.47 Å². The Morgan fingerprint density at radius 2 is 1.77 bits per heavy atom. The maximum Gasteiger partial charge on any atom is 0.292 e. The molecule has 6 nitrogen and oxygen atoms in total. The SMILES string of the molecule is O=C(Nc1ccc(Nc2ccccc2Br)nn1)c1ccco1. The van der Waals surface area contributed by atoms with Crippen molar-refractivity contribution in [3.05, 3.63) is 65.0 Å². The fourth-order valence-electron chi connectivity index (χ4n) is 1.75. The van der Waals surface area contributed by atoms with E-state index in [1.165, 1.54) is 6.26 Å². The summed E-state index contributed by atoms with van der Waals surface area (Å²) in [4.78, 5) is 11.8. The van der Waals surface area contributed by atoms with Gasteiger partial charge in [0.1, 0.15) is 0 Å². The Morgan fingerprint density at radius 3 is 2.45 bits per heavy atom. The molecule has 2 heterocycles. The first-order valence-electron chi connectivity index (χ1n) is 6.42. The average Bonchev–Trinajstić information content (AvgIpc) is 3.06. The van der Waals surface area contributed by atoms with E-state index in [0.29, 0.717) is 11.6 Å². The number of amides is 1. The van der Waals surface area contributed by atoms with Crippen LogP contribution < -0.4 is 10.6 Å². The van der Waals surface area contributed by atoms with Crippen molar-refractivity contribution in [2.75, 3.05) is 10.6 Å². The van der Waals surface area contributed by atoms with Crippen LogP contribution in [0.25, 0.3) is 0 Å². The number of carbonyl (C=O) groups excluding carboxylic acids is 1. The Hall–Kier alpha value is -2.67. The highest BCUT2D eigenvalue weighted by Crippen LogP contribution is 2.24. The van der Waals surface area contributed by atoms with Gasteiger partial charge in [0.05, 0.1) is 12.0 Å². The van der Waals surface area contributed by atoms with Crippen molar-refractivity contribution in [2.45, 2.75) is 0 Å². The molecule has 1 aromatic carbocycles. The third kappa shape index (κ3) is 3.32. The molecule has 7 heteroatoms. The molecule has 0 fully saturated rings. The van der Waals surface area contributed by atoms with Gasteiger partial charge >= 0.3 is 0 Å². The summed E-state index contributed by atoms with van der Waals surface area (Å²) in [7, 11) is 0. The van der Waals surface area contributed by atoms with Gasteiger partial charge < -0.3 is 15.1 Å². The molecule has 2 N–H and O–H groups in total. The second-order valence-electron chi connectivity index (χ2n) is 4.34. The van der Waals surface area contributed by atoms with Crippen LogP contribution in [0.3, 0.4) is 0 Å². The number of rotatable bonds is 4. The smallest absolute Gasteiger partial charge is 0.292 e. The molecule has 0 atom stereocenters. The van der Waals surface area contributed by atoms with Crippen molar-refractivity contribution in [3.8, 4) is 0 Å². The highest BCUT2D eigenvalue weighted by atomic mass is 79.9.